The fourth-order valence-corrected chi connectivity index (χ4v) is 3.05. The smallest absolute Gasteiger partial charge is 0.321 e. The van der Waals surface area contributed by atoms with Crippen molar-refractivity contribution in [3.8, 4) is 5.75 Å². The summed E-state index contributed by atoms with van der Waals surface area (Å²) in [6.45, 7) is 0.481. The molecule has 2 aromatic rings. The molecule has 1 atom stereocenters. The maximum Gasteiger partial charge on any atom is 0.321 e. The Hall–Kier alpha value is -3.62. The highest BCUT2D eigenvalue weighted by Crippen LogP contribution is 2.18. The van der Waals surface area contributed by atoms with Gasteiger partial charge >= 0.3 is 6.03 Å². The highest BCUT2D eigenvalue weighted by Gasteiger charge is 2.28. The number of carbonyl (C=O) groups excluding carboxylic acids is 3. The summed E-state index contributed by atoms with van der Waals surface area (Å²) in [6.07, 6.45) is 1.30. The Kier molecular flexibility index (Phi) is 7.20. The average molecular weight is 414 g/mol. The molecule has 4 amide bonds. The fourth-order valence-electron chi connectivity index (χ4n) is 3.05. The van der Waals surface area contributed by atoms with Gasteiger partial charge in [-0.15, -0.1) is 0 Å². The molecular formula is C21H23FN4O4. The molecule has 1 unspecified atom stereocenters. The number of likely N-dealkylation sites (tertiary alicyclic amines) is 1. The number of hydrazine groups is 1. The summed E-state index contributed by atoms with van der Waals surface area (Å²) in [7, 11) is 0. The van der Waals surface area contributed by atoms with Crippen LogP contribution in [0.5, 0.6) is 5.75 Å². The van der Waals surface area contributed by atoms with Gasteiger partial charge in [0, 0.05) is 18.8 Å². The van der Waals surface area contributed by atoms with Crippen LogP contribution in [0.2, 0.25) is 0 Å². The summed E-state index contributed by atoms with van der Waals surface area (Å²) >= 11 is 0. The first kappa shape index (κ1) is 21.1. The van der Waals surface area contributed by atoms with Crippen LogP contribution in [0, 0.1) is 11.7 Å². The van der Waals surface area contributed by atoms with Gasteiger partial charge in [0.1, 0.15) is 11.6 Å². The summed E-state index contributed by atoms with van der Waals surface area (Å²) < 4.78 is 18.1. The first-order valence-electron chi connectivity index (χ1n) is 9.59. The number of anilines is 1. The Bertz CT molecular complexity index is 876. The Morgan fingerprint density at radius 3 is 2.50 bits per heavy atom. The molecule has 0 spiro atoms. The van der Waals surface area contributed by atoms with E-state index in [9.17, 15) is 18.8 Å². The van der Waals surface area contributed by atoms with Gasteiger partial charge in [-0.3, -0.25) is 20.4 Å². The number of nitrogens with zero attached hydrogens (tertiary/aromatic N) is 1. The number of carbonyl (C=O) groups is 3. The van der Waals surface area contributed by atoms with E-state index in [1.54, 1.807) is 17.0 Å². The summed E-state index contributed by atoms with van der Waals surface area (Å²) in [6, 6.07) is 14.1. The largest absolute Gasteiger partial charge is 0.484 e. The monoisotopic (exact) mass is 414 g/mol. The lowest BCUT2D eigenvalue weighted by atomic mass is 9.98. The zero-order chi connectivity index (χ0) is 21.3. The third kappa shape index (κ3) is 6.20. The van der Waals surface area contributed by atoms with Gasteiger partial charge in [0.2, 0.25) is 5.91 Å². The molecule has 0 aromatic heterocycles. The van der Waals surface area contributed by atoms with E-state index in [1.165, 1.54) is 24.3 Å². The molecule has 2 aromatic carbocycles. The van der Waals surface area contributed by atoms with Crippen LogP contribution in [-0.4, -0.2) is 42.4 Å². The average Bonchev–Trinajstić information content (AvgIpc) is 2.78. The van der Waals surface area contributed by atoms with Crippen molar-refractivity contribution in [1.29, 1.82) is 0 Å². The molecule has 0 aliphatic carbocycles. The fraction of sp³-hybridized carbons (Fsp3) is 0.286. The predicted octanol–water partition coefficient (Wildman–Crippen LogP) is 2.30. The highest BCUT2D eigenvalue weighted by molar-refractivity contribution is 5.90. The number of hydrogen-bond donors (Lipinski definition) is 3. The van der Waals surface area contributed by atoms with Crippen LogP contribution in [0.15, 0.2) is 54.6 Å². The van der Waals surface area contributed by atoms with E-state index in [2.05, 4.69) is 16.2 Å². The van der Waals surface area contributed by atoms with Crippen molar-refractivity contribution < 1.29 is 23.5 Å². The maximum atomic E-state index is 12.8. The number of rotatable bonds is 5. The number of para-hydroxylation sites is 1. The topological polar surface area (TPSA) is 99.8 Å². The summed E-state index contributed by atoms with van der Waals surface area (Å²) in [5.41, 5.74) is 5.34. The minimum atomic E-state index is -0.554. The van der Waals surface area contributed by atoms with Crippen molar-refractivity contribution in [3.05, 3.63) is 60.4 Å². The minimum absolute atomic E-state index is 0.256. The quantitative estimate of drug-likeness (QED) is 0.654. The predicted molar refractivity (Wildman–Crippen MR) is 108 cm³/mol. The van der Waals surface area contributed by atoms with Crippen LogP contribution < -0.4 is 20.9 Å². The number of piperidine rings is 1. The maximum absolute atomic E-state index is 12.8. The van der Waals surface area contributed by atoms with Gasteiger partial charge in [0.25, 0.3) is 5.91 Å². The summed E-state index contributed by atoms with van der Waals surface area (Å²) in [5.74, 6) is -1.42. The molecule has 3 N–H and O–H groups in total. The van der Waals surface area contributed by atoms with Gasteiger partial charge in [-0.05, 0) is 49.2 Å². The van der Waals surface area contributed by atoms with Gasteiger partial charge in [-0.2, -0.15) is 0 Å². The highest BCUT2D eigenvalue weighted by atomic mass is 19.1. The number of urea groups is 1. The summed E-state index contributed by atoms with van der Waals surface area (Å²) in [5, 5.41) is 2.80. The Labute approximate surface area is 173 Å². The SMILES string of the molecule is O=C(COc1ccc(F)cc1)NNC(=O)C1CCCN(C(=O)Nc2ccccc2)C1. The molecular weight excluding hydrogens is 391 g/mol. The van der Waals surface area contributed by atoms with Gasteiger partial charge in [0.15, 0.2) is 6.61 Å². The van der Waals surface area contributed by atoms with E-state index in [0.29, 0.717) is 30.8 Å². The first-order chi connectivity index (χ1) is 14.5. The second kappa shape index (κ2) is 10.2. The number of benzene rings is 2. The van der Waals surface area contributed by atoms with E-state index in [0.717, 1.165) is 0 Å². The van der Waals surface area contributed by atoms with E-state index >= 15 is 0 Å². The van der Waals surface area contributed by atoms with Gasteiger partial charge in [-0.1, -0.05) is 18.2 Å². The second-order valence-corrected chi connectivity index (χ2v) is 6.86. The van der Waals surface area contributed by atoms with Gasteiger partial charge in [-0.25, -0.2) is 9.18 Å². The van der Waals surface area contributed by atoms with E-state index in [1.807, 2.05) is 18.2 Å². The zero-order valence-electron chi connectivity index (χ0n) is 16.3. The minimum Gasteiger partial charge on any atom is -0.484 e. The molecule has 3 rings (SSSR count). The zero-order valence-corrected chi connectivity index (χ0v) is 16.3. The van der Waals surface area contributed by atoms with Crippen molar-refractivity contribution in [2.45, 2.75) is 12.8 Å². The molecule has 0 radical (unpaired) electrons. The number of halogens is 1. The third-order valence-corrected chi connectivity index (χ3v) is 4.61. The van der Waals surface area contributed by atoms with Gasteiger partial charge < -0.3 is 15.0 Å². The molecule has 9 heteroatoms. The standard InChI is InChI=1S/C21H23FN4O4/c22-16-8-10-18(11-9-16)30-14-19(27)24-25-20(28)15-5-4-12-26(13-15)21(29)23-17-6-2-1-3-7-17/h1-3,6-11,15H,4-5,12-14H2,(H,23,29)(H,24,27)(H,25,28). The van der Waals surface area contributed by atoms with Crippen molar-refractivity contribution in [3.63, 3.8) is 0 Å². The van der Waals surface area contributed by atoms with E-state index in [-0.39, 0.29) is 25.1 Å². The van der Waals surface area contributed by atoms with E-state index < -0.39 is 17.6 Å². The van der Waals surface area contributed by atoms with Crippen LogP contribution in [0.25, 0.3) is 0 Å². The lowest BCUT2D eigenvalue weighted by molar-refractivity contribution is -0.132. The lowest BCUT2D eigenvalue weighted by Gasteiger charge is -2.32. The lowest BCUT2D eigenvalue weighted by Crippen LogP contribution is -2.51. The first-order valence-corrected chi connectivity index (χ1v) is 9.59. The van der Waals surface area contributed by atoms with Crippen molar-refractivity contribution in [2.75, 3.05) is 25.0 Å². The number of ether oxygens (including phenoxy) is 1. The van der Waals surface area contributed by atoms with Crippen LogP contribution in [0.3, 0.4) is 0 Å². The van der Waals surface area contributed by atoms with Crippen molar-refractivity contribution >= 4 is 23.5 Å². The van der Waals surface area contributed by atoms with Crippen molar-refractivity contribution in [1.82, 2.24) is 15.8 Å². The molecule has 1 heterocycles. The normalized spacial score (nSPS) is 15.8. The number of hydrogen-bond acceptors (Lipinski definition) is 4. The Morgan fingerprint density at radius 1 is 1.03 bits per heavy atom. The van der Waals surface area contributed by atoms with Gasteiger partial charge in [0.05, 0.1) is 5.92 Å². The van der Waals surface area contributed by atoms with Crippen LogP contribution in [0.1, 0.15) is 12.8 Å². The molecule has 1 fully saturated rings. The molecule has 1 aliphatic rings. The Balaban J connectivity index is 1.41. The van der Waals surface area contributed by atoms with Crippen molar-refractivity contribution in [2.24, 2.45) is 5.92 Å². The number of nitrogens with one attached hydrogen (secondary N) is 3. The molecule has 8 nitrogen and oxygen atoms in total. The van der Waals surface area contributed by atoms with Crippen LogP contribution in [-0.2, 0) is 9.59 Å². The molecule has 0 bridgehead atoms. The van der Waals surface area contributed by atoms with E-state index in [4.69, 9.17) is 4.74 Å². The molecule has 30 heavy (non-hydrogen) atoms. The van der Waals surface area contributed by atoms with Crippen LogP contribution in [0.4, 0.5) is 14.9 Å². The molecule has 158 valence electrons. The molecule has 1 saturated heterocycles. The second-order valence-electron chi connectivity index (χ2n) is 6.86. The van der Waals surface area contributed by atoms with Crippen LogP contribution >= 0.6 is 0 Å². The third-order valence-electron chi connectivity index (χ3n) is 4.61. The Morgan fingerprint density at radius 2 is 1.77 bits per heavy atom. The summed E-state index contributed by atoms with van der Waals surface area (Å²) in [4.78, 5) is 38.2. The molecule has 0 saturated carbocycles. The number of amides is 4. The molecule has 1 aliphatic heterocycles.